The van der Waals surface area contributed by atoms with Gasteiger partial charge in [-0.15, -0.1) is 5.10 Å². The van der Waals surface area contributed by atoms with Gasteiger partial charge in [0.15, 0.2) is 0 Å². The van der Waals surface area contributed by atoms with E-state index in [9.17, 15) is 13.6 Å². The molecular weight excluding hydrogens is 438 g/mol. The zero-order valence-corrected chi connectivity index (χ0v) is 18.1. The number of rotatable bonds is 6. The molecular formula is C21H22F2N6O4. The molecule has 174 valence electrons. The lowest BCUT2D eigenvalue weighted by atomic mass is 9.90. The molecule has 1 atom stereocenters. The van der Waals surface area contributed by atoms with Gasteiger partial charge in [-0.3, -0.25) is 4.79 Å². The number of ether oxygens (including phenoxy) is 2. The highest BCUT2D eigenvalue weighted by Crippen LogP contribution is 2.38. The molecule has 12 heteroatoms. The summed E-state index contributed by atoms with van der Waals surface area (Å²) in [5, 5.41) is 16.6. The Morgan fingerprint density at radius 3 is 2.79 bits per heavy atom. The van der Waals surface area contributed by atoms with Crippen LogP contribution in [0.5, 0.6) is 0 Å². The van der Waals surface area contributed by atoms with E-state index < -0.39 is 18.3 Å². The summed E-state index contributed by atoms with van der Waals surface area (Å²) in [5.74, 6) is 0.564. The van der Waals surface area contributed by atoms with E-state index in [2.05, 4.69) is 25.2 Å². The van der Waals surface area contributed by atoms with Gasteiger partial charge in [-0.1, -0.05) is 5.16 Å². The lowest BCUT2D eigenvalue weighted by Crippen LogP contribution is -2.62. The Morgan fingerprint density at radius 1 is 1.27 bits per heavy atom. The first-order valence-electron chi connectivity index (χ1n) is 10.5. The Bertz CT molecular complexity index is 1210. The molecule has 3 aromatic heterocycles. The third kappa shape index (κ3) is 4.23. The molecule has 0 saturated carbocycles. The Balaban J connectivity index is 1.28. The third-order valence-corrected chi connectivity index (χ3v) is 5.98. The quantitative estimate of drug-likeness (QED) is 0.545. The van der Waals surface area contributed by atoms with Crippen LogP contribution >= 0.6 is 0 Å². The molecule has 2 saturated heterocycles. The second-order valence-electron chi connectivity index (χ2n) is 8.41. The van der Waals surface area contributed by atoms with Gasteiger partial charge in [-0.05, 0) is 26.0 Å². The normalized spacial score (nSPS) is 19.4. The molecule has 10 nitrogen and oxygen atoms in total. The molecule has 0 bridgehead atoms. The highest BCUT2D eigenvalue weighted by atomic mass is 19.3. The van der Waals surface area contributed by atoms with E-state index in [1.807, 2.05) is 17.9 Å². The molecule has 2 fully saturated rings. The Hall–Kier alpha value is -3.25. The number of hydrogen-bond acceptors (Lipinski definition) is 9. The van der Waals surface area contributed by atoms with Gasteiger partial charge in [0.25, 0.3) is 5.56 Å². The number of nitrogens with zero attached hydrogens (tertiary/aromatic N) is 6. The predicted octanol–water partition coefficient (Wildman–Crippen LogP) is 1.94. The largest absolute Gasteiger partial charge is 0.368 e. The standard InChI is InChI=1S/C21H22F2N6O4/c1-12-3-4-17(26-25-12)19-16(13(2)33-27-19)8-29-18(30)5-14(7-24-29)28-10-21(11-28)6-15(9-31-21)32-20(22)23/h3-5,7,15,20H,6,8-11H2,1-2H3/t15-/m1/s1. The minimum atomic E-state index is -2.81. The SMILES string of the molecule is Cc1ccc(-c2noc(C)c2Cn2ncc(N3CC4(C[C@@H](OC(F)F)CO4)C3)cc2=O)nn1. The Labute approximate surface area is 187 Å². The summed E-state index contributed by atoms with van der Waals surface area (Å²) in [4.78, 5) is 14.7. The van der Waals surface area contributed by atoms with Crippen molar-refractivity contribution in [3.8, 4) is 11.4 Å². The first-order valence-corrected chi connectivity index (χ1v) is 10.5. The topological polar surface area (TPSA) is 108 Å². The molecule has 2 aliphatic rings. The molecule has 0 radical (unpaired) electrons. The average molecular weight is 460 g/mol. The molecule has 0 aromatic carbocycles. The first kappa shape index (κ1) is 21.6. The van der Waals surface area contributed by atoms with E-state index >= 15 is 0 Å². The Kier molecular flexibility index (Phi) is 5.41. The third-order valence-electron chi connectivity index (χ3n) is 5.98. The van der Waals surface area contributed by atoms with E-state index in [0.29, 0.717) is 47.9 Å². The fourth-order valence-corrected chi connectivity index (χ4v) is 4.26. The van der Waals surface area contributed by atoms with Crippen LogP contribution in [-0.4, -0.2) is 63.1 Å². The highest BCUT2D eigenvalue weighted by molar-refractivity contribution is 5.58. The molecule has 0 N–H and O–H groups in total. The molecule has 5 heterocycles. The smallest absolute Gasteiger partial charge is 0.345 e. The van der Waals surface area contributed by atoms with E-state index in [0.717, 1.165) is 5.69 Å². The second kappa shape index (κ2) is 8.27. The maximum atomic E-state index is 12.8. The maximum absolute atomic E-state index is 12.8. The van der Waals surface area contributed by atoms with Crippen molar-refractivity contribution in [3.05, 3.63) is 51.8 Å². The zero-order chi connectivity index (χ0) is 23.2. The minimum Gasteiger partial charge on any atom is -0.368 e. The van der Waals surface area contributed by atoms with Crippen molar-refractivity contribution < 1.29 is 22.8 Å². The summed E-state index contributed by atoms with van der Waals surface area (Å²) in [7, 11) is 0. The van der Waals surface area contributed by atoms with Gasteiger partial charge >= 0.3 is 6.61 Å². The number of halogens is 2. The van der Waals surface area contributed by atoms with Crippen molar-refractivity contribution in [1.82, 2.24) is 25.1 Å². The fraction of sp³-hybridized carbons (Fsp3) is 0.476. The molecule has 1 spiro atoms. The highest BCUT2D eigenvalue weighted by Gasteiger charge is 2.50. The van der Waals surface area contributed by atoms with Crippen molar-refractivity contribution in [3.63, 3.8) is 0 Å². The van der Waals surface area contributed by atoms with Crippen LogP contribution in [0, 0.1) is 13.8 Å². The predicted molar refractivity (Wildman–Crippen MR) is 111 cm³/mol. The van der Waals surface area contributed by atoms with E-state index in [1.54, 1.807) is 19.2 Å². The van der Waals surface area contributed by atoms with Crippen LogP contribution < -0.4 is 10.5 Å². The average Bonchev–Trinajstić information content (AvgIpc) is 3.33. The molecule has 5 rings (SSSR count). The summed E-state index contributed by atoms with van der Waals surface area (Å²) in [6.07, 6.45) is 1.39. The van der Waals surface area contributed by atoms with E-state index in [4.69, 9.17) is 9.26 Å². The van der Waals surface area contributed by atoms with Gasteiger partial charge in [-0.25, -0.2) is 4.68 Å². The maximum Gasteiger partial charge on any atom is 0.345 e. The summed E-state index contributed by atoms with van der Waals surface area (Å²) >= 11 is 0. The van der Waals surface area contributed by atoms with Crippen molar-refractivity contribution in [2.75, 3.05) is 24.6 Å². The molecule has 3 aromatic rings. The van der Waals surface area contributed by atoms with Gasteiger partial charge in [0.2, 0.25) is 0 Å². The van der Waals surface area contributed by atoms with Crippen LogP contribution in [0.1, 0.15) is 23.4 Å². The van der Waals surface area contributed by atoms with E-state index in [1.165, 1.54) is 10.7 Å². The zero-order valence-electron chi connectivity index (χ0n) is 18.1. The van der Waals surface area contributed by atoms with Crippen LogP contribution in [0.25, 0.3) is 11.4 Å². The summed E-state index contributed by atoms with van der Waals surface area (Å²) in [6.45, 7) is 2.08. The lowest BCUT2D eigenvalue weighted by molar-refractivity contribution is -0.161. The summed E-state index contributed by atoms with van der Waals surface area (Å²) < 4.78 is 41.8. The molecule has 33 heavy (non-hydrogen) atoms. The van der Waals surface area contributed by atoms with Gasteiger partial charge in [0.05, 0.1) is 36.8 Å². The van der Waals surface area contributed by atoms with Gasteiger partial charge in [-0.2, -0.15) is 19.0 Å². The van der Waals surface area contributed by atoms with Crippen LogP contribution in [0.2, 0.25) is 0 Å². The van der Waals surface area contributed by atoms with Crippen LogP contribution in [0.4, 0.5) is 14.5 Å². The second-order valence-corrected chi connectivity index (χ2v) is 8.41. The number of aryl methyl sites for hydroxylation is 2. The van der Waals surface area contributed by atoms with Gasteiger partial charge < -0.3 is 18.9 Å². The Morgan fingerprint density at radius 2 is 2.09 bits per heavy atom. The van der Waals surface area contributed by atoms with Crippen molar-refractivity contribution in [2.45, 2.75) is 45.1 Å². The number of anilines is 1. The van der Waals surface area contributed by atoms with Crippen LogP contribution in [0.15, 0.2) is 33.7 Å². The lowest BCUT2D eigenvalue weighted by Gasteiger charge is -2.48. The minimum absolute atomic E-state index is 0.143. The van der Waals surface area contributed by atoms with Gasteiger partial charge in [0.1, 0.15) is 22.7 Å². The molecule has 0 aliphatic carbocycles. The van der Waals surface area contributed by atoms with E-state index in [-0.39, 0.29) is 18.7 Å². The number of alkyl halides is 2. The number of hydrogen-bond donors (Lipinski definition) is 0. The monoisotopic (exact) mass is 460 g/mol. The molecule has 0 unspecified atom stereocenters. The summed E-state index contributed by atoms with van der Waals surface area (Å²) in [5.41, 5.74) is 2.38. The van der Waals surface area contributed by atoms with Gasteiger partial charge in [0, 0.05) is 31.1 Å². The van der Waals surface area contributed by atoms with Crippen molar-refractivity contribution in [1.29, 1.82) is 0 Å². The summed E-state index contributed by atoms with van der Waals surface area (Å²) in [6, 6.07) is 5.12. The van der Waals surface area contributed by atoms with Crippen molar-refractivity contribution >= 4 is 5.69 Å². The fourth-order valence-electron chi connectivity index (χ4n) is 4.26. The first-order chi connectivity index (χ1) is 15.8. The molecule has 0 amide bonds. The van der Waals surface area contributed by atoms with Crippen LogP contribution in [0.3, 0.4) is 0 Å². The van der Waals surface area contributed by atoms with Crippen molar-refractivity contribution in [2.24, 2.45) is 0 Å². The molecule has 2 aliphatic heterocycles. The number of aromatic nitrogens is 5. The van der Waals surface area contributed by atoms with Crippen LogP contribution in [-0.2, 0) is 16.0 Å².